The van der Waals surface area contributed by atoms with E-state index in [-0.39, 0.29) is 22.7 Å². The Morgan fingerprint density at radius 1 is 0.875 bits per heavy atom. The Hall–Kier alpha value is -2.52. The van der Waals surface area contributed by atoms with Gasteiger partial charge in [-0.1, -0.05) is 18.6 Å². The summed E-state index contributed by atoms with van der Waals surface area (Å²) in [5, 5.41) is 2.52. The summed E-state index contributed by atoms with van der Waals surface area (Å²) >= 11 is 0. The predicted octanol–water partition coefficient (Wildman–Crippen LogP) is 3.92. The number of nitrogens with one attached hydrogen (secondary N) is 1. The molecule has 32 heavy (non-hydrogen) atoms. The third-order valence-corrected chi connectivity index (χ3v) is 7.88. The summed E-state index contributed by atoms with van der Waals surface area (Å²) < 4.78 is 55.8. The first-order valence-corrected chi connectivity index (χ1v) is 12.4. The average molecular weight is 464 g/mol. The van der Waals surface area contributed by atoms with Crippen molar-refractivity contribution in [1.29, 1.82) is 0 Å². The van der Waals surface area contributed by atoms with Crippen molar-refractivity contribution in [2.24, 2.45) is 0 Å². The first kappa shape index (κ1) is 22.7. The Morgan fingerprint density at radius 3 is 2.03 bits per heavy atom. The molecule has 4 rings (SSSR count). The van der Waals surface area contributed by atoms with E-state index in [1.807, 2.05) is 0 Å². The molecule has 0 radical (unpaired) electrons. The van der Waals surface area contributed by atoms with E-state index in [9.17, 15) is 22.0 Å². The number of amides is 1. The second-order valence-electron chi connectivity index (χ2n) is 8.32. The smallest absolute Gasteiger partial charge is 0.243 e. The largest absolute Gasteiger partial charge is 0.367 e. The lowest BCUT2D eigenvalue weighted by Crippen LogP contribution is -2.35. The van der Waals surface area contributed by atoms with Gasteiger partial charge in [0.25, 0.3) is 0 Å². The normalized spacial score (nSPS) is 17.5. The number of piperidine rings is 1. The van der Waals surface area contributed by atoms with Gasteiger partial charge in [-0.25, -0.2) is 17.2 Å². The highest BCUT2D eigenvalue weighted by atomic mass is 32.2. The second-order valence-corrected chi connectivity index (χ2v) is 10.3. The Bertz CT molecular complexity index is 1060. The van der Waals surface area contributed by atoms with Crippen LogP contribution in [0.25, 0.3) is 0 Å². The maximum Gasteiger partial charge on any atom is 0.243 e. The van der Waals surface area contributed by atoms with Gasteiger partial charge in [-0.05, 0) is 55.5 Å². The van der Waals surface area contributed by atoms with E-state index in [1.165, 1.54) is 16.4 Å². The summed E-state index contributed by atoms with van der Waals surface area (Å²) in [6, 6.07) is 8.43. The number of hydrogen-bond acceptors (Lipinski definition) is 4. The van der Waals surface area contributed by atoms with Gasteiger partial charge < -0.3 is 10.2 Å². The van der Waals surface area contributed by atoms with E-state index in [0.29, 0.717) is 31.7 Å². The first-order valence-electron chi connectivity index (χ1n) is 11.0. The van der Waals surface area contributed by atoms with Crippen LogP contribution in [0, 0.1) is 11.6 Å². The fraction of sp³-hybridized carbons (Fsp3) is 0.435. The third-order valence-electron chi connectivity index (χ3n) is 5.96. The topological polar surface area (TPSA) is 69.7 Å². The molecule has 2 aromatic rings. The molecule has 0 spiro atoms. The molecule has 6 nitrogen and oxygen atoms in total. The van der Waals surface area contributed by atoms with Crippen LogP contribution in [0.15, 0.2) is 41.3 Å². The van der Waals surface area contributed by atoms with Crippen LogP contribution in [0.2, 0.25) is 0 Å². The summed E-state index contributed by atoms with van der Waals surface area (Å²) in [7, 11) is -3.53. The van der Waals surface area contributed by atoms with Crippen molar-refractivity contribution in [2.45, 2.75) is 43.4 Å². The summed E-state index contributed by atoms with van der Waals surface area (Å²) in [4.78, 5) is 14.3. The standard InChI is InChI=1S/C23H27F2N3O3S/c24-20-15-18(16-21(25)23(20)27-10-4-5-11-27)26-22(29)14-17-6-8-19(9-7-17)32(30,31)28-12-2-1-3-13-28/h6-9,15-16H,1-5,10-14H2,(H,26,29). The average Bonchev–Trinajstić information content (AvgIpc) is 3.28. The highest BCUT2D eigenvalue weighted by molar-refractivity contribution is 7.89. The van der Waals surface area contributed by atoms with E-state index >= 15 is 0 Å². The van der Waals surface area contributed by atoms with Gasteiger partial charge >= 0.3 is 0 Å². The molecule has 2 aliphatic rings. The number of benzene rings is 2. The zero-order valence-electron chi connectivity index (χ0n) is 17.8. The molecule has 1 N–H and O–H groups in total. The number of carbonyl (C=O) groups excluding carboxylic acids is 1. The van der Waals surface area contributed by atoms with Crippen LogP contribution < -0.4 is 10.2 Å². The fourth-order valence-electron chi connectivity index (χ4n) is 4.30. The molecule has 0 bridgehead atoms. The summed E-state index contributed by atoms with van der Waals surface area (Å²) in [6.45, 7) is 2.28. The van der Waals surface area contributed by atoms with E-state index in [0.717, 1.165) is 44.2 Å². The quantitative estimate of drug-likeness (QED) is 0.705. The molecule has 9 heteroatoms. The molecule has 0 unspecified atom stereocenters. The zero-order chi connectivity index (χ0) is 22.7. The van der Waals surface area contributed by atoms with Crippen molar-refractivity contribution in [3.05, 3.63) is 53.6 Å². The predicted molar refractivity (Wildman–Crippen MR) is 119 cm³/mol. The van der Waals surface area contributed by atoms with Crippen molar-refractivity contribution < 1.29 is 22.0 Å². The molecule has 2 aromatic carbocycles. The van der Waals surface area contributed by atoms with E-state index in [4.69, 9.17) is 0 Å². The number of nitrogens with zero attached hydrogens (tertiary/aromatic N) is 2. The summed E-state index contributed by atoms with van der Waals surface area (Å²) in [5.41, 5.74) is 0.609. The molecule has 2 aliphatic heterocycles. The van der Waals surface area contributed by atoms with Gasteiger partial charge in [-0.3, -0.25) is 4.79 Å². The van der Waals surface area contributed by atoms with Crippen molar-refractivity contribution in [3.8, 4) is 0 Å². The van der Waals surface area contributed by atoms with Crippen LogP contribution in [0.5, 0.6) is 0 Å². The van der Waals surface area contributed by atoms with Gasteiger partial charge in [0.1, 0.15) is 5.69 Å². The van der Waals surface area contributed by atoms with Gasteiger partial charge in [-0.15, -0.1) is 0 Å². The Morgan fingerprint density at radius 2 is 1.44 bits per heavy atom. The van der Waals surface area contributed by atoms with Crippen molar-refractivity contribution >= 4 is 27.3 Å². The van der Waals surface area contributed by atoms with Crippen LogP contribution in [0.3, 0.4) is 0 Å². The molecule has 2 fully saturated rings. The highest BCUT2D eigenvalue weighted by Crippen LogP contribution is 2.30. The van der Waals surface area contributed by atoms with Gasteiger partial charge in [0.15, 0.2) is 11.6 Å². The minimum atomic E-state index is -3.53. The first-order chi connectivity index (χ1) is 15.3. The van der Waals surface area contributed by atoms with Crippen LogP contribution in [0.4, 0.5) is 20.2 Å². The Labute approximate surface area is 187 Å². The molecule has 1 amide bonds. The van der Waals surface area contributed by atoms with E-state index < -0.39 is 27.6 Å². The number of rotatable bonds is 6. The van der Waals surface area contributed by atoms with Crippen molar-refractivity contribution in [2.75, 3.05) is 36.4 Å². The monoisotopic (exact) mass is 463 g/mol. The number of sulfonamides is 1. The zero-order valence-corrected chi connectivity index (χ0v) is 18.6. The second kappa shape index (κ2) is 9.54. The van der Waals surface area contributed by atoms with E-state index in [1.54, 1.807) is 17.0 Å². The van der Waals surface area contributed by atoms with Gasteiger partial charge in [0.05, 0.1) is 11.3 Å². The van der Waals surface area contributed by atoms with Crippen LogP contribution in [-0.2, 0) is 21.2 Å². The van der Waals surface area contributed by atoms with Gasteiger partial charge in [-0.2, -0.15) is 4.31 Å². The van der Waals surface area contributed by atoms with Crippen LogP contribution >= 0.6 is 0 Å². The molecule has 0 aromatic heterocycles. The van der Waals surface area contributed by atoms with E-state index in [2.05, 4.69) is 5.32 Å². The minimum Gasteiger partial charge on any atom is -0.367 e. The Kier molecular flexibility index (Phi) is 6.76. The van der Waals surface area contributed by atoms with Crippen LogP contribution in [-0.4, -0.2) is 44.8 Å². The lowest BCUT2D eigenvalue weighted by atomic mass is 10.1. The fourth-order valence-corrected chi connectivity index (χ4v) is 5.82. The summed E-state index contributed by atoms with van der Waals surface area (Å²) in [5.74, 6) is -1.84. The van der Waals surface area contributed by atoms with Crippen molar-refractivity contribution in [1.82, 2.24) is 4.31 Å². The van der Waals surface area contributed by atoms with Crippen molar-refractivity contribution in [3.63, 3.8) is 0 Å². The molecule has 0 atom stereocenters. The van der Waals surface area contributed by atoms with Gasteiger partial charge in [0, 0.05) is 31.9 Å². The lowest BCUT2D eigenvalue weighted by molar-refractivity contribution is -0.115. The SMILES string of the molecule is O=C(Cc1ccc(S(=O)(=O)N2CCCCC2)cc1)Nc1cc(F)c(N2CCCC2)c(F)c1. The molecule has 2 saturated heterocycles. The summed E-state index contributed by atoms with van der Waals surface area (Å²) in [6.07, 6.45) is 4.51. The molecule has 2 heterocycles. The maximum atomic E-state index is 14.5. The molecular weight excluding hydrogens is 436 g/mol. The van der Waals surface area contributed by atoms with Gasteiger partial charge in [0.2, 0.25) is 15.9 Å². The number of anilines is 2. The molecule has 0 aliphatic carbocycles. The Balaban J connectivity index is 1.40. The van der Waals surface area contributed by atoms with Crippen LogP contribution in [0.1, 0.15) is 37.7 Å². The third kappa shape index (κ3) is 4.94. The number of hydrogen-bond donors (Lipinski definition) is 1. The number of carbonyl (C=O) groups is 1. The highest BCUT2D eigenvalue weighted by Gasteiger charge is 2.26. The molecule has 0 saturated carbocycles. The molecule has 172 valence electrons. The maximum absolute atomic E-state index is 14.5. The minimum absolute atomic E-state index is 0.0405. The number of halogens is 2. The molecular formula is C23H27F2N3O3S. The lowest BCUT2D eigenvalue weighted by Gasteiger charge is -2.25.